The molecule has 124 valence electrons. The maximum absolute atomic E-state index is 11.8. The van der Waals surface area contributed by atoms with E-state index >= 15 is 0 Å². The van der Waals surface area contributed by atoms with Crippen LogP contribution in [0.15, 0.2) is 9.64 Å². The second-order valence-corrected chi connectivity index (χ2v) is 9.24. The molecular formula is C13H21N3O4S2. The molecule has 1 N–H and O–H groups in total. The highest BCUT2D eigenvalue weighted by atomic mass is 32.2. The molecule has 0 radical (unpaired) electrons. The zero-order valence-corrected chi connectivity index (χ0v) is 14.6. The van der Waals surface area contributed by atoms with Gasteiger partial charge in [0.15, 0.2) is 9.84 Å². The minimum absolute atomic E-state index is 0.0600. The summed E-state index contributed by atoms with van der Waals surface area (Å²) in [4.78, 5) is 11.8. The SMILES string of the molecule is CCC(C)(C)NC(=O)CSc1nnc(C2CCS(=O)(=O)C2)o1. The molecule has 9 heteroatoms. The molecule has 22 heavy (non-hydrogen) atoms. The lowest BCUT2D eigenvalue weighted by Gasteiger charge is -2.24. The van der Waals surface area contributed by atoms with E-state index in [1.165, 1.54) is 0 Å². The number of rotatable bonds is 6. The zero-order chi connectivity index (χ0) is 16.4. The summed E-state index contributed by atoms with van der Waals surface area (Å²) in [5, 5.41) is 11.0. The minimum Gasteiger partial charge on any atom is -0.416 e. The lowest BCUT2D eigenvalue weighted by atomic mass is 10.0. The summed E-state index contributed by atoms with van der Waals surface area (Å²) in [6.07, 6.45) is 1.35. The molecule has 0 aromatic carbocycles. The second-order valence-electron chi connectivity index (χ2n) is 6.08. The average molecular weight is 347 g/mol. The first-order valence-corrected chi connectivity index (χ1v) is 9.99. The first kappa shape index (κ1) is 17.3. The molecular weight excluding hydrogens is 326 g/mol. The van der Waals surface area contributed by atoms with E-state index in [1.54, 1.807) is 0 Å². The van der Waals surface area contributed by atoms with Gasteiger partial charge in [-0.2, -0.15) is 0 Å². The Bertz CT molecular complexity index is 639. The van der Waals surface area contributed by atoms with Gasteiger partial charge in [0.25, 0.3) is 5.22 Å². The summed E-state index contributed by atoms with van der Waals surface area (Å²) in [5.74, 6) is 0.438. The van der Waals surface area contributed by atoms with Gasteiger partial charge in [0.05, 0.1) is 23.2 Å². The van der Waals surface area contributed by atoms with Gasteiger partial charge in [-0.15, -0.1) is 10.2 Å². The number of aromatic nitrogens is 2. The number of carbonyl (C=O) groups excluding carboxylic acids is 1. The van der Waals surface area contributed by atoms with Crippen LogP contribution in [0.1, 0.15) is 45.4 Å². The summed E-state index contributed by atoms with van der Waals surface area (Å²) >= 11 is 1.16. The molecule has 1 fully saturated rings. The van der Waals surface area contributed by atoms with Crippen molar-refractivity contribution in [1.29, 1.82) is 0 Å². The van der Waals surface area contributed by atoms with Gasteiger partial charge in [-0.3, -0.25) is 4.79 Å². The predicted octanol–water partition coefficient (Wildman–Crippen LogP) is 1.37. The van der Waals surface area contributed by atoms with Crippen LogP contribution in [0.2, 0.25) is 0 Å². The van der Waals surface area contributed by atoms with Crippen molar-refractivity contribution in [3.8, 4) is 0 Å². The Hall–Kier alpha value is -1.09. The largest absolute Gasteiger partial charge is 0.416 e. The van der Waals surface area contributed by atoms with Crippen molar-refractivity contribution >= 4 is 27.5 Å². The lowest BCUT2D eigenvalue weighted by molar-refractivity contribution is -0.120. The highest BCUT2D eigenvalue weighted by molar-refractivity contribution is 7.99. The molecule has 1 aliphatic rings. The Morgan fingerprint density at radius 3 is 2.77 bits per heavy atom. The van der Waals surface area contributed by atoms with Crippen LogP contribution in [0.25, 0.3) is 0 Å². The first-order valence-electron chi connectivity index (χ1n) is 7.18. The maximum atomic E-state index is 11.8. The van der Waals surface area contributed by atoms with Crippen molar-refractivity contribution in [2.24, 2.45) is 0 Å². The minimum atomic E-state index is -2.98. The third-order valence-corrected chi connectivity index (χ3v) is 6.28. The van der Waals surface area contributed by atoms with E-state index in [9.17, 15) is 13.2 Å². The zero-order valence-electron chi connectivity index (χ0n) is 13.0. The summed E-state index contributed by atoms with van der Waals surface area (Å²) < 4.78 is 28.4. The Balaban J connectivity index is 1.87. The van der Waals surface area contributed by atoms with Crippen LogP contribution in [0.3, 0.4) is 0 Å². The van der Waals surface area contributed by atoms with Gasteiger partial charge in [-0.25, -0.2) is 8.42 Å². The average Bonchev–Trinajstić information content (AvgIpc) is 3.02. The smallest absolute Gasteiger partial charge is 0.277 e. The highest BCUT2D eigenvalue weighted by Crippen LogP contribution is 2.29. The molecule has 1 atom stereocenters. The predicted molar refractivity (Wildman–Crippen MR) is 83.5 cm³/mol. The van der Waals surface area contributed by atoms with E-state index < -0.39 is 9.84 Å². The second kappa shape index (κ2) is 6.57. The number of sulfone groups is 1. The van der Waals surface area contributed by atoms with Gasteiger partial charge in [0, 0.05) is 5.54 Å². The number of amides is 1. The quantitative estimate of drug-likeness (QED) is 0.775. The van der Waals surface area contributed by atoms with E-state index in [0.29, 0.717) is 17.5 Å². The lowest BCUT2D eigenvalue weighted by Crippen LogP contribution is -2.43. The van der Waals surface area contributed by atoms with Crippen molar-refractivity contribution in [2.75, 3.05) is 17.3 Å². The number of nitrogens with one attached hydrogen (secondary N) is 1. The summed E-state index contributed by atoms with van der Waals surface area (Å²) in [5.41, 5.74) is -0.240. The van der Waals surface area contributed by atoms with Crippen LogP contribution < -0.4 is 5.32 Å². The van der Waals surface area contributed by atoms with Gasteiger partial charge >= 0.3 is 0 Å². The van der Waals surface area contributed by atoms with E-state index in [2.05, 4.69) is 15.5 Å². The van der Waals surface area contributed by atoms with Gasteiger partial charge in [-0.05, 0) is 26.7 Å². The molecule has 1 amide bonds. The van der Waals surface area contributed by atoms with E-state index in [4.69, 9.17) is 4.42 Å². The number of hydrogen-bond acceptors (Lipinski definition) is 7. The number of carbonyl (C=O) groups is 1. The van der Waals surface area contributed by atoms with Crippen LogP contribution in [-0.2, 0) is 14.6 Å². The molecule has 1 aromatic heterocycles. The van der Waals surface area contributed by atoms with E-state index in [1.807, 2.05) is 20.8 Å². The molecule has 1 unspecified atom stereocenters. The molecule has 0 aliphatic carbocycles. The fraction of sp³-hybridized carbons (Fsp3) is 0.769. The summed E-state index contributed by atoms with van der Waals surface area (Å²) in [7, 11) is -2.98. The molecule has 1 aliphatic heterocycles. The molecule has 1 aromatic rings. The van der Waals surface area contributed by atoms with Crippen LogP contribution >= 0.6 is 11.8 Å². The van der Waals surface area contributed by atoms with Crippen molar-refractivity contribution in [2.45, 2.75) is 50.3 Å². The first-order chi connectivity index (χ1) is 10.2. The molecule has 7 nitrogen and oxygen atoms in total. The molecule has 2 heterocycles. The highest BCUT2D eigenvalue weighted by Gasteiger charge is 2.32. The Morgan fingerprint density at radius 1 is 1.45 bits per heavy atom. The van der Waals surface area contributed by atoms with Crippen LogP contribution in [0.5, 0.6) is 0 Å². The third-order valence-electron chi connectivity index (χ3n) is 3.69. The fourth-order valence-corrected chi connectivity index (χ4v) is 4.36. The number of thioether (sulfide) groups is 1. The molecule has 0 spiro atoms. The van der Waals surface area contributed by atoms with Gasteiger partial charge in [0.2, 0.25) is 11.8 Å². The Kier molecular flexibility index (Phi) is 5.16. The Morgan fingerprint density at radius 2 is 2.18 bits per heavy atom. The van der Waals surface area contributed by atoms with Crippen LogP contribution in [-0.4, -0.2) is 47.3 Å². The standard InChI is InChI=1S/C13H21N3O4S2/c1-4-13(2,3)14-10(17)7-21-12-16-15-11(20-12)9-5-6-22(18,19)8-9/h9H,4-8H2,1-3H3,(H,14,17). The van der Waals surface area contributed by atoms with E-state index in [-0.39, 0.29) is 34.6 Å². The van der Waals surface area contributed by atoms with Crippen LogP contribution in [0, 0.1) is 0 Å². The normalized spacial score (nSPS) is 21.0. The van der Waals surface area contributed by atoms with E-state index in [0.717, 1.165) is 18.2 Å². The molecule has 0 saturated carbocycles. The Labute approximate surface area is 134 Å². The van der Waals surface area contributed by atoms with Crippen molar-refractivity contribution in [3.05, 3.63) is 5.89 Å². The van der Waals surface area contributed by atoms with Crippen molar-refractivity contribution < 1.29 is 17.6 Å². The van der Waals surface area contributed by atoms with Gasteiger partial charge in [0.1, 0.15) is 0 Å². The van der Waals surface area contributed by atoms with Crippen molar-refractivity contribution in [1.82, 2.24) is 15.5 Å². The third kappa shape index (κ3) is 4.70. The summed E-state index contributed by atoms with van der Waals surface area (Å²) in [6.45, 7) is 5.93. The number of nitrogens with zero attached hydrogens (tertiary/aromatic N) is 2. The van der Waals surface area contributed by atoms with Gasteiger partial charge in [-0.1, -0.05) is 18.7 Å². The molecule has 2 rings (SSSR count). The maximum Gasteiger partial charge on any atom is 0.277 e. The fourth-order valence-electron chi connectivity index (χ4n) is 2.06. The monoisotopic (exact) mass is 347 g/mol. The van der Waals surface area contributed by atoms with Crippen LogP contribution in [0.4, 0.5) is 0 Å². The number of hydrogen-bond donors (Lipinski definition) is 1. The topological polar surface area (TPSA) is 102 Å². The molecule has 0 bridgehead atoms. The summed E-state index contributed by atoms with van der Waals surface area (Å²) in [6, 6.07) is 0. The molecule has 1 saturated heterocycles. The van der Waals surface area contributed by atoms with Crippen molar-refractivity contribution in [3.63, 3.8) is 0 Å². The van der Waals surface area contributed by atoms with Gasteiger partial charge < -0.3 is 9.73 Å².